The van der Waals surface area contributed by atoms with Gasteiger partial charge >= 0.3 is 5.97 Å². The van der Waals surface area contributed by atoms with Gasteiger partial charge in [-0.05, 0) is 18.1 Å². The fourth-order valence-corrected chi connectivity index (χ4v) is 2.60. The summed E-state index contributed by atoms with van der Waals surface area (Å²) in [6.45, 7) is 2.64. The van der Waals surface area contributed by atoms with Crippen molar-refractivity contribution in [2.75, 3.05) is 13.2 Å². The van der Waals surface area contributed by atoms with Crippen LogP contribution in [0.5, 0.6) is 0 Å². The van der Waals surface area contributed by atoms with Crippen LogP contribution < -0.4 is 0 Å². The summed E-state index contributed by atoms with van der Waals surface area (Å²) in [6, 6.07) is 16.4. The standard InChI is InChI=1S/C18H21NO3/c1-14-6-5-9-16(12-14)17(18(21)22)19(10-11-20)13-15-7-3-2-4-8-15/h2-9,12,17,20H,10-11,13H2,1H3,(H,21,22). The average Bonchev–Trinajstić information content (AvgIpc) is 2.48. The van der Waals surface area contributed by atoms with Crippen LogP contribution in [0.25, 0.3) is 0 Å². The van der Waals surface area contributed by atoms with E-state index in [4.69, 9.17) is 0 Å². The average molecular weight is 299 g/mol. The van der Waals surface area contributed by atoms with Crippen LogP contribution in [0.2, 0.25) is 0 Å². The number of aryl methyl sites for hydroxylation is 1. The summed E-state index contributed by atoms with van der Waals surface area (Å²) in [5.74, 6) is -0.907. The molecule has 2 aromatic carbocycles. The first-order valence-electron chi connectivity index (χ1n) is 7.30. The molecular formula is C18H21NO3. The molecule has 0 aliphatic carbocycles. The number of aliphatic hydroxyl groups excluding tert-OH is 1. The van der Waals surface area contributed by atoms with E-state index in [1.165, 1.54) is 0 Å². The third kappa shape index (κ3) is 4.16. The summed E-state index contributed by atoms with van der Waals surface area (Å²) >= 11 is 0. The number of benzene rings is 2. The second kappa shape index (κ2) is 7.73. The molecule has 0 heterocycles. The van der Waals surface area contributed by atoms with Crippen LogP contribution in [-0.2, 0) is 11.3 Å². The zero-order valence-corrected chi connectivity index (χ0v) is 12.6. The number of hydrogen-bond acceptors (Lipinski definition) is 3. The normalized spacial score (nSPS) is 12.3. The van der Waals surface area contributed by atoms with Crippen molar-refractivity contribution >= 4 is 5.97 Å². The molecule has 0 fully saturated rings. The van der Waals surface area contributed by atoms with E-state index in [-0.39, 0.29) is 6.61 Å². The summed E-state index contributed by atoms with van der Waals surface area (Å²) < 4.78 is 0. The van der Waals surface area contributed by atoms with Crippen molar-refractivity contribution in [3.05, 3.63) is 71.3 Å². The van der Waals surface area contributed by atoms with Gasteiger partial charge in [-0.15, -0.1) is 0 Å². The van der Waals surface area contributed by atoms with Gasteiger partial charge in [-0.1, -0.05) is 60.2 Å². The topological polar surface area (TPSA) is 60.8 Å². The molecule has 0 amide bonds. The molecule has 116 valence electrons. The number of carbonyl (C=O) groups is 1. The van der Waals surface area contributed by atoms with E-state index >= 15 is 0 Å². The summed E-state index contributed by atoms with van der Waals surface area (Å²) in [4.78, 5) is 13.6. The molecule has 0 saturated heterocycles. The second-order valence-corrected chi connectivity index (χ2v) is 5.33. The predicted octanol–water partition coefficient (Wildman–Crippen LogP) is 2.62. The lowest BCUT2D eigenvalue weighted by Gasteiger charge is -2.28. The van der Waals surface area contributed by atoms with Gasteiger partial charge in [0.1, 0.15) is 6.04 Å². The first-order chi connectivity index (χ1) is 10.6. The molecule has 0 aromatic heterocycles. The first-order valence-corrected chi connectivity index (χ1v) is 7.30. The van der Waals surface area contributed by atoms with E-state index in [2.05, 4.69) is 0 Å². The van der Waals surface area contributed by atoms with Crippen LogP contribution in [0.3, 0.4) is 0 Å². The van der Waals surface area contributed by atoms with Crippen molar-refractivity contribution < 1.29 is 15.0 Å². The van der Waals surface area contributed by atoms with Gasteiger partial charge in [-0.3, -0.25) is 9.69 Å². The minimum atomic E-state index is -0.907. The van der Waals surface area contributed by atoms with Gasteiger partial charge in [0.2, 0.25) is 0 Å². The van der Waals surface area contributed by atoms with Gasteiger partial charge in [0.05, 0.1) is 6.61 Å². The predicted molar refractivity (Wildman–Crippen MR) is 85.5 cm³/mol. The van der Waals surface area contributed by atoms with Gasteiger partial charge in [0.15, 0.2) is 0 Å². The molecule has 2 N–H and O–H groups in total. The molecule has 22 heavy (non-hydrogen) atoms. The van der Waals surface area contributed by atoms with Crippen LogP contribution in [0.1, 0.15) is 22.7 Å². The number of aliphatic hydroxyl groups is 1. The van der Waals surface area contributed by atoms with Crippen molar-refractivity contribution in [2.45, 2.75) is 19.5 Å². The highest BCUT2D eigenvalue weighted by atomic mass is 16.4. The number of rotatable bonds is 7. The van der Waals surface area contributed by atoms with E-state index in [1.54, 1.807) is 4.90 Å². The van der Waals surface area contributed by atoms with Crippen molar-refractivity contribution in [1.82, 2.24) is 4.90 Å². The molecule has 0 aliphatic rings. The highest BCUT2D eigenvalue weighted by Crippen LogP contribution is 2.24. The molecule has 0 radical (unpaired) electrons. The van der Waals surface area contributed by atoms with E-state index in [0.29, 0.717) is 13.1 Å². The Labute approximate surface area is 130 Å². The Morgan fingerprint density at radius 1 is 1.14 bits per heavy atom. The fraction of sp³-hybridized carbons (Fsp3) is 0.278. The van der Waals surface area contributed by atoms with E-state index in [1.807, 2.05) is 61.5 Å². The summed E-state index contributed by atoms with van der Waals surface area (Å²) in [6.07, 6.45) is 0. The Morgan fingerprint density at radius 2 is 1.86 bits per heavy atom. The largest absolute Gasteiger partial charge is 0.480 e. The van der Waals surface area contributed by atoms with Crippen LogP contribution in [0, 0.1) is 6.92 Å². The first kappa shape index (κ1) is 16.2. The number of carboxylic acid groups (broad SMARTS) is 1. The molecule has 1 atom stereocenters. The van der Waals surface area contributed by atoms with Gasteiger partial charge in [0, 0.05) is 13.1 Å². The Bertz CT molecular complexity index is 613. The lowest BCUT2D eigenvalue weighted by molar-refractivity contribution is -0.144. The number of nitrogens with zero attached hydrogens (tertiary/aromatic N) is 1. The molecular weight excluding hydrogens is 278 g/mol. The van der Waals surface area contributed by atoms with Crippen molar-refractivity contribution in [1.29, 1.82) is 0 Å². The highest BCUT2D eigenvalue weighted by Gasteiger charge is 2.27. The summed E-state index contributed by atoms with van der Waals surface area (Å²) in [5, 5.41) is 19.0. The summed E-state index contributed by atoms with van der Waals surface area (Å²) in [5.41, 5.74) is 2.78. The fourth-order valence-electron chi connectivity index (χ4n) is 2.60. The van der Waals surface area contributed by atoms with Gasteiger partial charge in [-0.2, -0.15) is 0 Å². The number of hydrogen-bond donors (Lipinski definition) is 2. The van der Waals surface area contributed by atoms with Gasteiger partial charge in [-0.25, -0.2) is 0 Å². The highest BCUT2D eigenvalue weighted by molar-refractivity contribution is 5.75. The van der Waals surface area contributed by atoms with Crippen molar-refractivity contribution in [3.63, 3.8) is 0 Å². The van der Waals surface area contributed by atoms with Crippen LogP contribution in [0.4, 0.5) is 0 Å². The molecule has 0 spiro atoms. The van der Waals surface area contributed by atoms with Gasteiger partial charge in [0.25, 0.3) is 0 Å². The Kier molecular flexibility index (Phi) is 5.69. The monoisotopic (exact) mass is 299 g/mol. The molecule has 4 heteroatoms. The Hall–Kier alpha value is -2.17. The number of carboxylic acids is 1. The Balaban J connectivity index is 2.31. The molecule has 0 aliphatic heterocycles. The maximum atomic E-state index is 11.8. The van der Waals surface area contributed by atoms with E-state index < -0.39 is 12.0 Å². The maximum Gasteiger partial charge on any atom is 0.325 e. The molecule has 0 bridgehead atoms. The lowest BCUT2D eigenvalue weighted by Crippen LogP contribution is -2.35. The summed E-state index contributed by atoms with van der Waals surface area (Å²) in [7, 11) is 0. The third-order valence-electron chi connectivity index (χ3n) is 3.57. The molecule has 2 aromatic rings. The second-order valence-electron chi connectivity index (χ2n) is 5.33. The smallest absolute Gasteiger partial charge is 0.325 e. The van der Waals surface area contributed by atoms with Crippen LogP contribution in [0.15, 0.2) is 54.6 Å². The van der Waals surface area contributed by atoms with Crippen LogP contribution in [-0.4, -0.2) is 34.2 Å². The lowest BCUT2D eigenvalue weighted by atomic mass is 10.0. The molecule has 0 saturated carbocycles. The zero-order valence-electron chi connectivity index (χ0n) is 12.6. The van der Waals surface area contributed by atoms with Gasteiger partial charge < -0.3 is 10.2 Å². The van der Waals surface area contributed by atoms with Crippen molar-refractivity contribution in [3.8, 4) is 0 Å². The van der Waals surface area contributed by atoms with E-state index in [0.717, 1.165) is 16.7 Å². The Morgan fingerprint density at radius 3 is 2.45 bits per heavy atom. The maximum absolute atomic E-state index is 11.8. The third-order valence-corrected chi connectivity index (χ3v) is 3.57. The quantitative estimate of drug-likeness (QED) is 0.825. The SMILES string of the molecule is Cc1cccc(C(C(=O)O)N(CCO)Cc2ccccc2)c1. The van der Waals surface area contributed by atoms with E-state index in [9.17, 15) is 15.0 Å². The molecule has 4 nitrogen and oxygen atoms in total. The minimum Gasteiger partial charge on any atom is -0.480 e. The minimum absolute atomic E-state index is 0.0809. The molecule has 1 unspecified atom stereocenters. The number of aliphatic carboxylic acids is 1. The van der Waals surface area contributed by atoms with Crippen molar-refractivity contribution in [2.24, 2.45) is 0 Å². The zero-order chi connectivity index (χ0) is 15.9. The van der Waals surface area contributed by atoms with Crippen LogP contribution >= 0.6 is 0 Å². The molecule has 2 rings (SSSR count).